The van der Waals surface area contributed by atoms with Crippen molar-refractivity contribution in [2.45, 2.75) is 84.2 Å². The fraction of sp³-hybridized carbons (Fsp3) is 0.488. The van der Waals surface area contributed by atoms with Gasteiger partial charge in [0.1, 0.15) is 22.8 Å². The summed E-state index contributed by atoms with van der Waals surface area (Å²) in [5.74, 6) is 0.865. The minimum absolute atomic E-state index is 0.0115. The van der Waals surface area contributed by atoms with Gasteiger partial charge >= 0.3 is 6.09 Å². The molecular weight excluding hydrogens is 737 g/mol. The van der Waals surface area contributed by atoms with Crippen LogP contribution in [-0.2, 0) is 19.0 Å². The minimum Gasteiger partial charge on any atom is -0.497 e. The third kappa shape index (κ3) is 14.2. The molecule has 0 atom stereocenters. The van der Waals surface area contributed by atoms with E-state index in [0.717, 1.165) is 36.9 Å². The number of alkyl carbamates (subject to hydrolysis) is 1. The van der Waals surface area contributed by atoms with Crippen molar-refractivity contribution in [2.24, 2.45) is 0 Å². The molecule has 0 unspecified atom stereocenters. The topological polar surface area (TPSA) is 171 Å². The van der Waals surface area contributed by atoms with Crippen molar-refractivity contribution in [1.29, 1.82) is 0 Å². The predicted molar refractivity (Wildman–Crippen MR) is 218 cm³/mol. The molecule has 4 aromatic rings. The first-order chi connectivity index (χ1) is 26.8. The lowest BCUT2D eigenvalue weighted by Crippen LogP contribution is -2.35. The predicted octanol–water partition coefficient (Wildman–Crippen LogP) is 7.59. The van der Waals surface area contributed by atoms with E-state index in [1.165, 1.54) is 19.3 Å². The minimum atomic E-state index is -3.58. The van der Waals surface area contributed by atoms with Crippen LogP contribution in [0, 0.1) is 0 Å². The fourth-order valence-corrected chi connectivity index (χ4v) is 6.46. The van der Waals surface area contributed by atoms with Crippen LogP contribution in [0.1, 0.15) is 89.0 Å². The van der Waals surface area contributed by atoms with E-state index in [1.54, 1.807) is 44.8 Å². The van der Waals surface area contributed by atoms with Gasteiger partial charge in [-0.25, -0.2) is 9.78 Å². The summed E-state index contributed by atoms with van der Waals surface area (Å²) in [5.41, 5.74) is 3.76. The molecule has 2 aromatic carbocycles. The first-order valence-electron chi connectivity index (χ1n) is 19.1. The summed E-state index contributed by atoms with van der Waals surface area (Å²) in [4.78, 5) is 41.1. The molecule has 304 valence electrons. The molecule has 2 heterocycles. The average molecular weight is 793 g/mol. The Bertz CT molecular complexity index is 1990. The van der Waals surface area contributed by atoms with Crippen LogP contribution in [0.25, 0.3) is 22.3 Å². The van der Waals surface area contributed by atoms with Gasteiger partial charge in [-0.2, -0.15) is 8.42 Å². The van der Waals surface area contributed by atoms with Crippen molar-refractivity contribution < 1.29 is 36.4 Å². The Morgan fingerprint density at radius 1 is 0.804 bits per heavy atom. The summed E-state index contributed by atoms with van der Waals surface area (Å²) in [5, 5.41) is 5.72. The summed E-state index contributed by atoms with van der Waals surface area (Å²) < 4.78 is 44.8. The molecule has 0 saturated heterocycles. The molecule has 2 N–H and O–H groups in total. The number of fused-ring (bicyclic) bond motifs is 1. The van der Waals surface area contributed by atoms with Crippen LogP contribution >= 0.6 is 0 Å². The number of anilines is 2. The zero-order valence-electron chi connectivity index (χ0n) is 33.4. The Kier molecular flexibility index (Phi) is 16.6. The molecule has 56 heavy (non-hydrogen) atoms. The molecule has 2 aromatic heterocycles. The molecule has 0 aliphatic carbocycles. The fourth-order valence-electron chi connectivity index (χ4n) is 6.03. The molecule has 0 radical (unpaired) electrons. The molecular formula is C41H56N6O8S. The zero-order valence-corrected chi connectivity index (χ0v) is 34.2. The van der Waals surface area contributed by atoms with Gasteiger partial charge in [-0.15, -0.1) is 0 Å². The second kappa shape index (κ2) is 21.3. The van der Waals surface area contributed by atoms with Gasteiger partial charge in [-0.05, 0) is 76.3 Å². The number of unbranched alkanes of at least 4 members (excludes halogenated alkanes) is 5. The zero-order chi connectivity index (χ0) is 40.6. The third-order valence-corrected chi connectivity index (χ3v) is 9.60. The largest absolute Gasteiger partial charge is 0.497 e. The van der Waals surface area contributed by atoms with Gasteiger partial charge in [-0.3, -0.25) is 18.9 Å². The normalized spacial score (nSPS) is 11.6. The SMILES string of the molecule is CCCCCCCC(C)(C)OC(=O)NCCCCNC(=O)c1cc(-c2cnc3ccc(N(CCCOS(C)(=O)=O)c4cc(OC)cc(OC)c4)cc3n2)ccn1. The summed E-state index contributed by atoms with van der Waals surface area (Å²) in [6.07, 6.45) is 12.2. The summed E-state index contributed by atoms with van der Waals surface area (Å²) in [6, 6.07) is 14.6. The number of benzene rings is 2. The van der Waals surface area contributed by atoms with E-state index < -0.39 is 21.8 Å². The van der Waals surface area contributed by atoms with Crippen molar-refractivity contribution >= 4 is 44.5 Å². The van der Waals surface area contributed by atoms with E-state index in [2.05, 4.69) is 27.5 Å². The molecule has 0 aliphatic rings. The highest BCUT2D eigenvalue weighted by molar-refractivity contribution is 7.85. The maximum absolute atomic E-state index is 13.0. The van der Waals surface area contributed by atoms with Gasteiger partial charge in [0.05, 0.1) is 50.0 Å². The lowest BCUT2D eigenvalue weighted by Gasteiger charge is -2.26. The molecule has 15 heteroatoms. The quantitative estimate of drug-likeness (QED) is 0.0558. The molecule has 0 saturated carbocycles. The van der Waals surface area contributed by atoms with Gasteiger partial charge in [0, 0.05) is 61.0 Å². The number of rotatable bonds is 23. The van der Waals surface area contributed by atoms with Crippen molar-refractivity contribution in [3.63, 3.8) is 0 Å². The third-order valence-electron chi connectivity index (χ3n) is 9.01. The number of hydrogen-bond donors (Lipinski definition) is 2. The van der Waals surface area contributed by atoms with Crippen LogP contribution in [-0.4, -0.2) is 87.7 Å². The average Bonchev–Trinajstić information content (AvgIpc) is 3.17. The van der Waals surface area contributed by atoms with Crippen molar-refractivity contribution in [3.05, 3.63) is 66.6 Å². The summed E-state index contributed by atoms with van der Waals surface area (Å²) in [6.45, 7) is 7.35. The smallest absolute Gasteiger partial charge is 0.407 e. The number of carbonyl (C=O) groups excluding carboxylic acids is 2. The van der Waals surface area contributed by atoms with Gasteiger partial charge < -0.3 is 29.7 Å². The van der Waals surface area contributed by atoms with E-state index >= 15 is 0 Å². The van der Waals surface area contributed by atoms with Gasteiger partial charge in [0.15, 0.2) is 0 Å². The Balaban J connectivity index is 1.37. The molecule has 0 bridgehead atoms. The highest BCUT2D eigenvalue weighted by Gasteiger charge is 2.22. The Morgan fingerprint density at radius 2 is 1.52 bits per heavy atom. The van der Waals surface area contributed by atoms with Crippen LogP contribution in [0.3, 0.4) is 0 Å². The van der Waals surface area contributed by atoms with E-state index in [4.69, 9.17) is 23.4 Å². The van der Waals surface area contributed by atoms with Gasteiger partial charge in [0.2, 0.25) is 0 Å². The number of carbonyl (C=O) groups is 2. The molecule has 4 rings (SSSR count). The van der Waals surface area contributed by atoms with Crippen LogP contribution in [0.15, 0.2) is 60.9 Å². The summed E-state index contributed by atoms with van der Waals surface area (Å²) >= 11 is 0. The number of nitrogens with zero attached hydrogens (tertiary/aromatic N) is 4. The standard InChI is InChI=1S/C41H56N6O8S/c1-7-8-9-10-11-18-41(2,3)55-40(49)44-20-13-12-19-43-39(48)37-24-30(17-21-42-37)38-29-45-35-16-15-31(27-36(35)46-38)47(22-14-23-54-56(6,50)51)32-25-33(52-4)28-34(26-32)53-5/h15-17,21,24-29H,7-14,18-20,22-23H2,1-6H3,(H,43,48)(H,44,49). The van der Waals surface area contributed by atoms with Crippen LogP contribution < -0.4 is 25.0 Å². The van der Waals surface area contributed by atoms with Crippen LogP contribution in [0.4, 0.5) is 16.2 Å². The number of pyridine rings is 1. The molecule has 14 nitrogen and oxygen atoms in total. The summed E-state index contributed by atoms with van der Waals surface area (Å²) in [7, 11) is -0.439. The number of methoxy groups -OCH3 is 2. The second-order valence-corrected chi connectivity index (χ2v) is 15.8. The lowest BCUT2D eigenvalue weighted by molar-refractivity contribution is 0.0308. The maximum atomic E-state index is 13.0. The monoisotopic (exact) mass is 792 g/mol. The van der Waals surface area contributed by atoms with E-state index in [1.807, 2.05) is 49.1 Å². The Morgan fingerprint density at radius 3 is 2.21 bits per heavy atom. The van der Waals surface area contributed by atoms with Crippen molar-refractivity contribution in [1.82, 2.24) is 25.6 Å². The van der Waals surface area contributed by atoms with Gasteiger partial charge in [-0.1, -0.05) is 32.6 Å². The Hall–Kier alpha value is -5.02. The van der Waals surface area contributed by atoms with Crippen LogP contribution in [0.2, 0.25) is 0 Å². The molecule has 0 fully saturated rings. The number of hydrogen-bond acceptors (Lipinski definition) is 12. The highest BCUT2D eigenvalue weighted by atomic mass is 32.2. The maximum Gasteiger partial charge on any atom is 0.407 e. The lowest BCUT2D eigenvalue weighted by atomic mass is 9.99. The van der Waals surface area contributed by atoms with Gasteiger partial charge in [0.25, 0.3) is 16.0 Å². The number of amides is 2. The molecule has 2 amide bonds. The van der Waals surface area contributed by atoms with E-state index in [9.17, 15) is 18.0 Å². The van der Waals surface area contributed by atoms with E-state index in [-0.39, 0.29) is 18.2 Å². The Labute approximate surface area is 330 Å². The first-order valence-corrected chi connectivity index (χ1v) is 21.0. The number of aromatic nitrogens is 3. The van der Waals surface area contributed by atoms with E-state index in [0.29, 0.717) is 72.7 Å². The van der Waals surface area contributed by atoms with Crippen molar-refractivity contribution in [2.75, 3.05) is 51.6 Å². The second-order valence-electron chi connectivity index (χ2n) is 14.2. The molecule has 0 spiro atoms. The first kappa shape index (κ1) is 43.7. The van der Waals surface area contributed by atoms with Crippen LogP contribution in [0.5, 0.6) is 11.5 Å². The number of ether oxygens (including phenoxy) is 3. The highest BCUT2D eigenvalue weighted by Crippen LogP contribution is 2.34. The van der Waals surface area contributed by atoms with Crippen molar-refractivity contribution in [3.8, 4) is 22.8 Å². The number of nitrogens with one attached hydrogen (secondary N) is 2. The molecule has 0 aliphatic heterocycles.